The summed E-state index contributed by atoms with van der Waals surface area (Å²) in [6.45, 7) is 0. The molecule has 0 aromatic heterocycles. The Balaban J connectivity index is 0.000000247. The second kappa shape index (κ2) is 10.6. The first kappa shape index (κ1) is 20.9. The van der Waals surface area contributed by atoms with Crippen molar-refractivity contribution in [1.82, 2.24) is 0 Å². The molecule has 0 bridgehead atoms. The molecular formula is C23H19FeO2P-6. The van der Waals surface area contributed by atoms with E-state index in [2.05, 4.69) is 84.9 Å². The van der Waals surface area contributed by atoms with E-state index in [-0.39, 0.29) is 17.1 Å². The Hall–Kier alpha value is -2.44. The zero-order valence-electron chi connectivity index (χ0n) is 14.5. The predicted molar refractivity (Wildman–Crippen MR) is 110 cm³/mol. The predicted octanol–water partition coefficient (Wildman–Crippen LogP) is 4.26. The van der Waals surface area contributed by atoms with E-state index in [1.165, 1.54) is 15.9 Å². The average molecular weight is 414 g/mol. The summed E-state index contributed by atoms with van der Waals surface area (Å²) in [5, 5.41) is 12.5. The topological polar surface area (TPSA) is 37.3 Å². The summed E-state index contributed by atoms with van der Waals surface area (Å²) in [7, 11) is -0.409. The Morgan fingerprint density at radius 2 is 1.22 bits per heavy atom. The minimum Gasteiger partial charge on any atom is -0.747 e. The fourth-order valence-electron chi connectivity index (χ4n) is 2.63. The molecule has 1 N–H and O–H groups in total. The molecule has 142 valence electrons. The van der Waals surface area contributed by atoms with Crippen LogP contribution in [0.15, 0.2) is 109 Å². The van der Waals surface area contributed by atoms with Gasteiger partial charge in [-0.2, -0.15) is 12.1 Å². The van der Waals surface area contributed by atoms with Crippen LogP contribution in [0.4, 0.5) is 0 Å². The molecule has 0 atom stereocenters. The van der Waals surface area contributed by atoms with Crippen LogP contribution in [0, 0.1) is 0 Å². The third-order valence-electron chi connectivity index (χ3n) is 3.84. The quantitative estimate of drug-likeness (QED) is 0.308. The molecule has 0 unspecified atom stereocenters. The Morgan fingerprint density at radius 1 is 0.778 bits per heavy atom. The summed E-state index contributed by atoms with van der Waals surface area (Å²) >= 11 is 0. The molecule has 0 aliphatic carbocycles. The molecule has 0 aliphatic heterocycles. The van der Waals surface area contributed by atoms with Crippen molar-refractivity contribution in [2.24, 2.45) is 0 Å². The van der Waals surface area contributed by atoms with E-state index in [1.54, 1.807) is 24.3 Å². The molecule has 0 saturated carbocycles. The summed E-state index contributed by atoms with van der Waals surface area (Å²) < 4.78 is 0. The number of carboxylic acid groups (broad SMARTS) is 1. The van der Waals surface area contributed by atoms with Gasteiger partial charge in [-0.1, -0.05) is 76.8 Å². The van der Waals surface area contributed by atoms with Gasteiger partial charge in [-0.05, 0) is 0 Å². The van der Waals surface area contributed by atoms with E-state index in [0.717, 1.165) is 0 Å². The van der Waals surface area contributed by atoms with Crippen molar-refractivity contribution in [1.29, 1.82) is 0 Å². The maximum atomic E-state index is 10.1. The first-order valence-corrected chi connectivity index (χ1v) is 9.67. The second-order valence-corrected chi connectivity index (χ2v) is 7.85. The molecule has 4 rings (SSSR count). The minimum absolute atomic E-state index is 0. The maximum absolute atomic E-state index is 10.1. The number of hydrogen-bond donors (Lipinski definition) is 1. The molecule has 0 aliphatic rings. The van der Waals surface area contributed by atoms with Crippen molar-refractivity contribution in [2.45, 2.75) is 0 Å². The van der Waals surface area contributed by atoms with Crippen LogP contribution in [0.1, 0.15) is 10.4 Å². The fraction of sp³-hybridized carbons (Fsp3) is 0. The van der Waals surface area contributed by atoms with Gasteiger partial charge in [-0.25, -0.2) is 20.1 Å². The van der Waals surface area contributed by atoms with Gasteiger partial charge < -0.3 is 34.7 Å². The van der Waals surface area contributed by atoms with Crippen LogP contribution in [0.5, 0.6) is 0 Å². The van der Waals surface area contributed by atoms with E-state index >= 15 is 0 Å². The van der Waals surface area contributed by atoms with Crippen LogP contribution >= 0.6 is 7.92 Å². The van der Waals surface area contributed by atoms with Crippen molar-refractivity contribution in [3.8, 4) is 0 Å². The Morgan fingerprint density at radius 3 is 1.59 bits per heavy atom. The largest absolute Gasteiger partial charge is 0.747 e. The SMILES string of the molecule is O=C(O)[c-]1cccc1.[Fe].c1ccc(P(c2ccccc2)[c-]2[cH-][cH-][cH-][cH-]2)cc1. The third-order valence-corrected chi connectivity index (χ3v) is 6.29. The molecule has 0 saturated heterocycles. The molecule has 0 fully saturated rings. The standard InChI is InChI=1S/C17H14P.C6H5O2.Fe/c1-3-9-15(10-4-1)18(17-13-7-8-14-17)16-11-5-2-6-12-16;7-6(8)5-3-1-2-4-5;/h1-14H;1-4H,(H,7,8);/q-5;-1;. The van der Waals surface area contributed by atoms with Gasteiger partial charge in [-0.15, -0.1) is 0 Å². The van der Waals surface area contributed by atoms with Gasteiger partial charge in [0.2, 0.25) is 0 Å². The molecule has 0 heterocycles. The Kier molecular flexibility index (Phi) is 8.23. The monoisotopic (exact) mass is 414 g/mol. The fourth-order valence-corrected chi connectivity index (χ4v) is 4.94. The minimum atomic E-state index is -0.866. The van der Waals surface area contributed by atoms with Gasteiger partial charge >= 0.3 is 0 Å². The number of carboxylic acids is 1. The third kappa shape index (κ3) is 5.77. The van der Waals surface area contributed by atoms with Gasteiger partial charge in [0.1, 0.15) is 0 Å². The van der Waals surface area contributed by atoms with E-state index in [4.69, 9.17) is 5.11 Å². The summed E-state index contributed by atoms with van der Waals surface area (Å²) in [6.07, 6.45) is 0. The molecule has 0 amide bonds. The number of hydrogen-bond acceptors (Lipinski definition) is 1. The first-order valence-electron chi connectivity index (χ1n) is 8.32. The van der Waals surface area contributed by atoms with Gasteiger partial charge in [0.15, 0.2) is 0 Å². The zero-order valence-corrected chi connectivity index (χ0v) is 16.5. The van der Waals surface area contributed by atoms with E-state index in [1.807, 2.05) is 0 Å². The summed E-state index contributed by atoms with van der Waals surface area (Å²) in [6, 6.07) is 36.8. The van der Waals surface area contributed by atoms with E-state index in [9.17, 15) is 4.79 Å². The number of aromatic carboxylic acids is 1. The average Bonchev–Trinajstić information content (AvgIpc) is 3.39. The van der Waals surface area contributed by atoms with Gasteiger partial charge in [0, 0.05) is 17.1 Å². The van der Waals surface area contributed by atoms with Gasteiger partial charge in [-0.3, -0.25) is 4.79 Å². The van der Waals surface area contributed by atoms with Crippen LogP contribution in [0.2, 0.25) is 0 Å². The summed E-state index contributed by atoms with van der Waals surface area (Å²) in [5.74, 6) is -0.866. The molecule has 0 radical (unpaired) electrons. The normalized spacial score (nSPS) is 9.81. The summed E-state index contributed by atoms with van der Waals surface area (Å²) in [4.78, 5) is 10.1. The maximum Gasteiger partial charge on any atom is 0.278 e. The van der Waals surface area contributed by atoms with Crippen LogP contribution in [-0.4, -0.2) is 11.1 Å². The van der Waals surface area contributed by atoms with Crippen molar-refractivity contribution in [2.75, 3.05) is 0 Å². The van der Waals surface area contributed by atoms with Crippen molar-refractivity contribution in [3.63, 3.8) is 0 Å². The Labute approximate surface area is 171 Å². The smallest absolute Gasteiger partial charge is 0.278 e. The van der Waals surface area contributed by atoms with Crippen LogP contribution in [0.25, 0.3) is 0 Å². The van der Waals surface area contributed by atoms with Crippen LogP contribution in [-0.2, 0) is 17.1 Å². The van der Waals surface area contributed by atoms with Crippen molar-refractivity contribution in [3.05, 3.63) is 115 Å². The molecule has 4 aromatic rings. The summed E-state index contributed by atoms with van der Waals surface area (Å²) in [5.41, 5.74) is 0.352. The van der Waals surface area contributed by atoms with Crippen LogP contribution in [0.3, 0.4) is 0 Å². The van der Waals surface area contributed by atoms with Crippen molar-refractivity contribution >= 4 is 29.8 Å². The zero-order chi connectivity index (χ0) is 18.2. The van der Waals surface area contributed by atoms with Crippen molar-refractivity contribution < 1.29 is 27.0 Å². The first-order chi connectivity index (χ1) is 12.8. The van der Waals surface area contributed by atoms with Gasteiger partial charge in [0.05, 0.1) is 0 Å². The second-order valence-electron chi connectivity index (χ2n) is 5.63. The van der Waals surface area contributed by atoms with Gasteiger partial charge in [0.25, 0.3) is 5.97 Å². The molecule has 0 spiro atoms. The number of rotatable bonds is 4. The molecular weight excluding hydrogens is 395 g/mol. The molecule has 4 aromatic carbocycles. The molecule has 4 heteroatoms. The molecule has 27 heavy (non-hydrogen) atoms. The number of carbonyl (C=O) groups is 1. The molecule has 2 nitrogen and oxygen atoms in total. The number of benzene rings is 2. The van der Waals surface area contributed by atoms with Crippen LogP contribution < -0.4 is 15.9 Å². The van der Waals surface area contributed by atoms with E-state index < -0.39 is 13.9 Å². The van der Waals surface area contributed by atoms with E-state index in [0.29, 0.717) is 5.56 Å². The Bertz CT molecular complexity index is 862.